The number of hydrogen-bond donors (Lipinski definition) is 2. The molecule has 15 heavy (non-hydrogen) atoms. The van der Waals surface area contributed by atoms with Gasteiger partial charge in [0.05, 0.1) is 6.61 Å². The lowest BCUT2D eigenvalue weighted by Crippen LogP contribution is -2.54. The van der Waals surface area contributed by atoms with Crippen LogP contribution in [-0.4, -0.2) is 38.6 Å². The summed E-state index contributed by atoms with van der Waals surface area (Å²) in [5.74, 6) is 0. The van der Waals surface area contributed by atoms with Crippen molar-refractivity contribution >= 4 is 6.29 Å². The van der Waals surface area contributed by atoms with Crippen LogP contribution in [0.15, 0.2) is 24.3 Å². The molecule has 86 valence electrons. The molecule has 0 saturated carbocycles. The zero-order valence-electron chi connectivity index (χ0n) is 9.45. The maximum atomic E-state index is 10.7. The molecule has 0 aliphatic heterocycles. The van der Waals surface area contributed by atoms with Crippen molar-refractivity contribution in [3.8, 4) is 0 Å². The van der Waals surface area contributed by atoms with E-state index in [1.54, 1.807) is 0 Å². The Hall–Kier alpha value is -0.970. The fraction of sp³-hybridized carbons (Fsp3) is 0.545. The van der Waals surface area contributed by atoms with Crippen LogP contribution in [0, 0.1) is 0 Å². The van der Waals surface area contributed by atoms with E-state index in [1.165, 1.54) is 7.11 Å². The van der Waals surface area contributed by atoms with E-state index in [2.05, 4.69) is 11.9 Å². The molecule has 0 aromatic carbocycles. The molecule has 0 saturated heterocycles. The summed E-state index contributed by atoms with van der Waals surface area (Å²) in [7, 11) is 1.52. The zero-order chi connectivity index (χ0) is 11.7. The molecule has 1 unspecified atom stereocenters. The van der Waals surface area contributed by atoms with Crippen molar-refractivity contribution in [1.82, 2.24) is 5.32 Å². The van der Waals surface area contributed by atoms with Gasteiger partial charge in [-0.25, -0.2) is 0 Å². The summed E-state index contributed by atoms with van der Waals surface area (Å²) < 4.78 is 4.87. The second kappa shape index (κ2) is 7.34. The van der Waals surface area contributed by atoms with Crippen molar-refractivity contribution < 1.29 is 9.53 Å². The van der Waals surface area contributed by atoms with Gasteiger partial charge >= 0.3 is 0 Å². The Bertz CT molecular complexity index is 239. The lowest BCUT2D eigenvalue weighted by molar-refractivity contribution is -0.113. The molecule has 0 bridgehead atoms. The lowest BCUT2D eigenvalue weighted by atomic mass is 10.1. The Morgan fingerprint density at radius 2 is 2.33 bits per heavy atom. The number of aldehydes is 1. The van der Waals surface area contributed by atoms with Crippen LogP contribution in [0.1, 0.15) is 6.92 Å². The lowest BCUT2D eigenvalue weighted by Gasteiger charge is -2.22. The molecule has 3 N–H and O–H groups in total. The summed E-state index contributed by atoms with van der Waals surface area (Å²) in [5, 5.41) is 3.06. The molecule has 4 nitrogen and oxygen atoms in total. The number of hydrogen-bond acceptors (Lipinski definition) is 4. The first kappa shape index (κ1) is 14.0. The van der Waals surface area contributed by atoms with Crippen LogP contribution in [0.5, 0.6) is 0 Å². The first-order valence-electron chi connectivity index (χ1n) is 4.83. The second-order valence-electron chi connectivity index (χ2n) is 3.55. The van der Waals surface area contributed by atoms with Crippen molar-refractivity contribution in [2.75, 3.05) is 26.8 Å². The maximum absolute atomic E-state index is 10.7. The van der Waals surface area contributed by atoms with Crippen LogP contribution in [0.3, 0.4) is 0 Å². The molecule has 0 rings (SSSR count). The Labute approximate surface area is 91.2 Å². The van der Waals surface area contributed by atoms with Gasteiger partial charge in [0.1, 0.15) is 11.8 Å². The summed E-state index contributed by atoms with van der Waals surface area (Å²) in [5.41, 5.74) is 5.76. The van der Waals surface area contributed by atoms with Crippen LogP contribution >= 0.6 is 0 Å². The van der Waals surface area contributed by atoms with Gasteiger partial charge in [0.25, 0.3) is 0 Å². The predicted octanol–water partition coefficient (Wildman–Crippen LogP) is 0.251. The fourth-order valence-electron chi connectivity index (χ4n) is 1.15. The van der Waals surface area contributed by atoms with Gasteiger partial charge in [-0.2, -0.15) is 0 Å². The van der Waals surface area contributed by atoms with Crippen LogP contribution in [0.25, 0.3) is 0 Å². The maximum Gasteiger partial charge on any atom is 0.143 e. The topological polar surface area (TPSA) is 64.3 Å². The molecule has 0 radical (unpaired) electrons. The molecule has 0 heterocycles. The Morgan fingerprint density at radius 3 is 2.80 bits per heavy atom. The average Bonchev–Trinajstić information content (AvgIpc) is 2.18. The molecular weight excluding hydrogens is 192 g/mol. The van der Waals surface area contributed by atoms with E-state index in [0.717, 1.165) is 5.57 Å². The number of allylic oxidation sites excluding steroid dienone is 1. The van der Waals surface area contributed by atoms with Crippen molar-refractivity contribution in [3.63, 3.8) is 0 Å². The smallest absolute Gasteiger partial charge is 0.143 e. The zero-order valence-corrected chi connectivity index (χ0v) is 9.45. The third-order valence-electron chi connectivity index (χ3n) is 1.86. The van der Waals surface area contributed by atoms with Gasteiger partial charge < -0.3 is 20.6 Å². The van der Waals surface area contributed by atoms with Gasteiger partial charge in [0.2, 0.25) is 0 Å². The number of nitrogens with one attached hydrogen (secondary N) is 1. The van der Waals surface area contributed by atoms with Gasteiger partial charge in [0.15, 0.2) is 0 Å². The summed E-state index contributed by atoms with van der Waals surface area (Å²) in [6, 6.07) is 0. The van der Waals surface area contributed by atoms with Gasteiger partial charge in [0, 0.05) is 20.2 Å². The third kappa shape index (κ3) is 6.17. The number of carbonyl (C=O) groups is 1. The largest absolute Gasteiger partial charge is 0.382 e. The molecule has 0 spiro atoms. The van der Waals surface area contributed by atoms with Gasteiger partial charge in [-0.1, -0.05) is 18.7 Å². The molecule has 0 aromatic heterocycles. The van der Waals surface area contributed by atoms with Crippen LogP contribution in [-0.2, 0) is 9.53 Å². The van der Waals surface area contributed by atoms with E-state index < -0.39 is 5.54 Å². The van der Waals surface area contributed by atoms with Crippen LogP contribution in [0.4, 0.5) is 0 Å². The monoisotopic (exact) mass is 212 g/mol. The number of methoxy groups -OCH3 is 1. The summed E-state index contributed by atoms with van der Waals surface area (Å²) in [6.07, 6.45) is 4.53. The van der Waals surface area contributed by atoms with Crippen LogP contribution < -0.4 is 11.1 Å². The first-order valence-corrected chi connectivity index (χ1v) is 4.83. The van der Waals surface area contributed by atoms with Crippen molar-refractivity contribution in [2.24, 2.45) is 5.73 Å². The number of ether oxygens (including phenoxy) is 1. The molecular formula is C11H20N2O2. The summed E-state index contributed by atoms with van der Waals surface area (Å²) >= 11 is 0. The van der Waals surface area contributed by atoms with E-state index in [0.29, 0.717) is 19.4 Å². The quantitative estimate of drug-likeness (QED) is 0.447. The van der Waals surface area contributed by atoms with E-state index in [-0.39, 0.29) is 6.61 Å². The molecule has 0 amide bonds. The minimum Gasteiger partial charge on any atom is -0.382 e. The molecule has 4 heteroatoms. The molecule has 0 aromatic rings. The second-order valence-corrected chi connectivity index (χ2v) is 3.55. The Balaban J connectivity index is 3.91. The highest BCUT2D eigenvalue weighted by Gasteiger charge is 2.23. The highest BCUT2D eigenvalue weighted by molar-refractivity contribution is 5.64. The fourth-order valence-corrected chi connectivity index (χ4v) is 1.15. The van der Waals surface area contributed by atoms with Crippen molar-refractivity contribution in [2.45, 2.75) is 12.5 Å². The Kier molecular flexibility index (Phi) is 6.86. The highest BCUT2D eigenvalue weighted by atomic mass is 16.5. The van der Waals surface area contributed by atoms with E-state index >= 15 is 0 Å². The number of carbonyl (C=O) groups excluding carboxylic acids is 1. The van der Waals surface area contributed by atoms with Gasteiger partial charge in [-0.3, -0.25) is 0 Å². The summed E-state index contributed by atoms with van der Waals surface area (Å²) in [4.78, 5) is 10.7. The SMILES string of the molecule is C=C(C=CC)CNCC(N)(C=O)COC. The molecule has 0 aliphatic rings. The standard InChI is InChI=1S/C11H20N2O2/c1-4-5-10(2)6-13-7-11(12,8-14)9-15-3/h4-5,8,13H,2,6-7,9,12H2,1,3H3. The number of nitrogens with two attached hydrogens (primary N) is 1. The van der Waals surface area contributed by atoms with Crippen molar-refractivity contribution in [3.05, 3.63) is 24.3 Å². The first-order chi connectivity index (χ1) is 7.08. The average molecular weight is 212 g/mol. The summed E-state index contributed by atoms with van der Waals surface area (Å²) in [6.45, 7) is 6.95. The van der Waals surface area contributed by atoms with Gasteiger partial charge in [-0.05, 0) is 12.5 Å². The van der Waals surface area contributed by atoms with Crippen molar-refractivity contribution in [1.29, 1.82) is 0 Å². The molecule has 1 atom stereocenters. The third-order valence-corrected chi connectivity index (χ3v) is 1.86. The van der Waals surface area contributed by atoms with E-state index in [9.17, 15) is 4.79 Å². The molecule has 0 aliphatic carbocycles. The minimum atomic E-state index is -0.953. The van der Waals surface area contributed by atoms with Crippen LogP contribution in [0.2, 0.25) is 0 Å². The Morgan fingerprint density at radius 1 is 1.67 bits per heavy atom. The molecule has 0 fully saturated rings. The highest BCUT2D eigenvalue weighted by Crippen LogP contribution is 1.96. The van der Waals surface area contributed by atoms with Gasteiger partial charge in [-0.15, -0.1) is 0 Å². The number of rotatable bonds is 8. The predicted molar refractivity (Wildman–Crippen MR) is 61.7 cm³/mol. The van der Waals surface area contributed by atoms with E-state index in [4.69, 9.17) is 10.5 Å². The minimum absolute atomic E-state index is 0.208. The normalized spacial score (nSPS) is 15.1. The van der Waals surface area contributed by atoms with E-state index in [1.807, 2.05) is 19.1 Å².